The molecule has 76 valence electrons. The molecule has 0 fully saturated rings. The highest BCUT2D eigenvalue weighted by Gasteiger charge is 1.93. The smallest absolute Gasteiger partial charge is 0.0317 e. The van der Waals surface area contributed by atoms with Gasteiger partial charge in [-0.2, -0.15) is 0 Å². The molecular formula is C13H24. The van der Waals surface area contributed by atoms with Gasteiger partial charge in [-0.1, -0.05) is 44.4 Å². The van der Waals surface area contributed by atoms with Gasteiger partial charge in [0, 0.05) is 0 Å². The molecule has 0 aromatic rings. The number of hydrogen-bond donors (Lipinski definition) is 0. The molecule has 0 aliphatic heterocycles. The molecule has 13 heavy (non-hydrogen) atoms. The van der Waals surface area contributed by atoms with Crippen LogP contribution >= 0.6 is 0 Å². The van der Waals surface area contributed by atoms with Crippen molar-refractivity contribution in [1.82, 2.24) is 0 Å². The third-order valence-corrected chi connectivity index (χ3v) is 2.35. The fraction of sp³-hybridized carbons (Fsp3) is 0.692. The fourth-order valence-corrected chi connectivity index (χ4v) is 1.41. The van der Waals surface area contributed by atoms with Crippen LogP contribution in [0, 0.1) is 0 Å². The van der Waals surface area contributed by atoms with E-state index in [1.165, 1.54) is 38.5 Å². The summed E-state index contributed by atoms with van der Waals surface area (Å²) >= 11 is 0. The molecule has 0 spiro atoms. The first-order chi connectivity index (χ1) is 6.35. The Morgan fingerprint density at radius 1 is 1.15 bits per heavy atom. The zero-order valence-corrected chi connectivity index (χ0v) is 9.31. The van der Waals surface area contributed by atoms with E-state index in [1.54, 1.807) is 5.57 Å². The SMILES string of the molecule is C=CCCCC(=CCCCC)CC. The van der Waals surface area contributed by atoms with Crippen LogP contribution in [0.3, 0.4) is 0 Å². The van der Waals surface area contributed by atoms with Crippen molar-refractivity contribution >= 4 is 0 Å². The molecule has 0 saturated carbocycles. The van der Waals surface area contributed by atoms with Gasteiger partial charge in [-0.3, -0.25) is 0 Å². The third-order valence-electron chi connectivity index (χ3n) is 2.35. The summed E-state index contributed by atoms with van der Waals surface area (Å²) in [5.74, 6) is 0. The van der Waals surface area contributed by atoms with E-state index in [0.29, 0.717) is 0 Å². The second kappa shape index (κ2) is 9.57. The number of rotatable bonds is 8. The van der Waals surface area contributed by atoms with Crippen molar-refractivity contribution in [3.63, 3.8) is 0 Å². The second-order valence-corrected chi connectivity index (χ2v) is 3.54. The van der Waals surface area contributed by atoms with Crippen LogP contribution in [0.15, 0.2) is 24.3 Å². The van der Waals surface area contributed by atoms with Gasteiger partial charge in [0.2, 0.25) is 0 Å². The number of allylic oxidation sites excluding steroid dienone is 3. The zero-order chi connectivity index (χ0) is 9.94. The van der Waals surface area contributed by atoms with Crippen LogP contribution in [0.2, 0.25) is 0 Å². The molecule has 0 bridgehead atoms. The first-order valence-corrected chi connectivity index (χ1v) is 5.63. The van der Waals surface area contributed by atoms with E-state index in [0.717, 1.165) is 6.42 Å². The predicted octanol–water partition coefficient (Wildman–Crippen LogP) is 4.87. The molecular weight excluding hydrogens is 156 g/mol. The van der Waals surface area contributed by atoms with Gasteiger partial charge in [-0.15, -0.1) is 6.58 Å². The Balaban J connectivity index is 3.59. The molecule has 0 aromatic heterocycles. The largest absolute Gasteiger partial charge is 0.103 e. The van der Waals surface area contributed by atoms with Crippen LogP contribution in [0.1, 0.15) is 58.8 Å². The summed E-state index contributed by atoms with van der Waals surface area (Å²) in [7, 11) is 0. The highest BCUT2D eigenvalue weighted by Crippen LogP contribution is 2.13. The molecule has 0 amide bonds. The van der Waals surface area contributed by atoms with Gasteiger partial charge in [0.1, 0.15) is 0 Å². The van der Waals surface area contributed by atoms with Crippen molar-refractivity contribution in [1.29, 1.82) is 0 Å². The number of unbranched alkanes of at least 4 members (excludes halogenated alkanes) is 3. The monoisotopic (exact) mass is 180 g/mol. The Kier molecular flexibility index (Phi) is 9.18. The lowest BCUT2D eigenvalue weighted by molar-refractivity contribution is 0.771. The van der Waals surface area contributed by atoms with E-state index in [9.17, 15) is 0 Å². The van der Waals surface area contributed by atoms with Gasteiger partial charge >= 0.3 is 0 Å². The van der Waals surface area contributed by atoms with E-state index < -0.39 is 0 Å². The molecule has 0 saturated heterocycles. The minimum Gasteiger partial charge on any atom is -0.103 e. The summed E-state index contributed by atoms with van der Waals surface area (Å²) in [6.07, 6.45) is 13.3. The van der Waals surface area contributed by atoms with E-state index in [-0.39, 0.29) is 0 Å². The summed E-state index contributed by atoms with van der Waals surface area (Å²) in [5, 5.41) is 0. The summed E-state index contributed by atoms with van der Waals surface area (Å²) in [6.45, 7) is 8.24. The highest BCUT2D eigenvalue weighted by atomic mass is 14.0. The first kappa shape index (κ1) is 12.5. The molecule has 0 nitrogen and oxygen atoms in total. The quantitative estimate of drug-likeness (QED) is 0.369. The Labute approximate surface area is 83.7 Å². The molecule has 0 heterocycles. The number of hydrogen-bond acceptors (Lipinski definition) is 0. The minimum atomic E-state index is 1.16. The summed E-state index contributed by atoms with van der Waals surface area (Å²) < 4.78 is 0. The van der Waals surface area contributed by atoms with Crippen molar-refractivity contribution < 1.29 is 0 Å². The van der Waals surface area contributed by atoms with Gasteiger partial charge in [0.15, 0.2) is 0 Å². The van der Waals surface area contributed by atoms with E-state index in [1.807, 2.05) is 6.08 Å². The maximum Gasteiger partial charge on any atom is -0.0317 e. The maximum absolute atomic E-state index is 3.74. The molecule has 0 radical (unpaired) electrons. The summed E-state index contributed by atoms with van der Waals surface area (Å²) in [6, 6.07) is 0. The van der Waals surface area contributed by atoms with Crippen molar-refractivity contribution in [2.75, 3.05) is 0 Å². The van der Waals surface area contributed by atoms with E-state index in [2.05, 4.69) is 26.5 Å². The maximum atomic E-state index is 3.74. The predicted molar refractivity (Wildman–Crippen MR) is 61.9 cm³/mol. The summed E-state index contributed by atoms with van der Waals surface area (Å²) in [4.78, 5) is 0. The van der Waals surface area contributed by atoms with Crippen LogP contribution in [0.25, 0.3) is 0 Å². The van der Waals surface area contributed by atoms with Crippen LogP contribution in [0.4, 0.5) is 0 Å². The van der Waals surface area contributed by atoms with Crippen LogP contribution in [0.5, 0.6) is 0 Å². The molecule has 0 aliphatic carbocycles. The lowest BCUT2D eigenvalue weighted by Crippen LogP contribution is -1.82. The van der Waals surface area contributed by atoms with Gasteiger partial charge in [0.05, 0.1) is 0 Å². The lowest BCUT2D eigenvalue weighted by atomic mass is 10.0. The standard InChI is InChI=1S/C13H24/c1-4-7-9-11-13(6-3)12-10-8-5-2/h4,12H,1,5-11H2,2-3H3. The average Bonchev–Trinajstić information content (AvgIpc) is 2.16. The molecule has 0 rings (SSSR count). The van der Waals surface area contributed by atoms with Crippen molar-refractivity contribution in [3.8, 4) is 0 Å². The molecule has 0 N–H and O–H groups in total. The Hall–Kier alpha value is -0.520. The van der Waals surface area contributed by atoms with Crippen molar-refractivity contribution in [2.24, 2.45) is 0 Å². The van der Waals surface area contributed by atoms with Gasteiger partial charge in [0.25, 0.3) is 0 Å². The fourth-order valence-electron chi connectivity index (χ4n) is 1.41. The molecule has 0 atom stereocenters. The second-order valence-electron chi connectivity index (χ2n) is 3.54. The Bertz CT molecular complexity index is 142. The molecule has 0 unspecified atom stereocenters. The lowest BCUT2D eigenvalue weighted by Gasteiger charge is -2.03. The highest BCUT2D eigenvalue weighted by molar-refractivity contribution is 5.01. The van der Waals surface area contributed by atoms with Crippen LogP contribution in [-0.4, -0.2) is 0 Å². The normalized spacial score (nSPS) is 11.7. The minimum absolute atomic E-state index is 1.16. The molecule has 0 aliphatic rings. The van der Waals surface area contributed by atoms with Gasteiger partial charge < -0.3 is 0 Å². The van der Waals surface area contributed by atoms with Crippen LogP contribution in [-0.2, 0) is 0 Å². The zero-order valence-electron chi connectivity index (χ0n) is 9.31. The van der Waals surface area contributed by atoms with E-state index in [4.69, 9.17) is 0 Å². The molecule has 0 aromatic carbocycles. The first-order valence-electron chi connectivity index (χ1n) is 5.63. The van der Waals surface area contributed by atoms with E-state index >= 15 is 0 Å². The van der Waals surface area contributed by atoms with Crippen molar-refractivity contribution in [3.05, 3.63) is 24.3 Å². The van der Waals surface area contributed by atoms with Crippen LogP contribution < -0.4 is 0 Å². The van der Waals surface area contributed by atoms with Gasteiger partial charge in [-0.05, 0) is 32.1 Å². The Morgan fingerprint density at radius 2 is 1.92 bits per heavy atom. The van der Waals surface area contributed by atoms with Crippen molar-refractivity contribution in [2.45, 2.75) is 58.8 Å². The third kappa shape index (κ3) is 7.83. The summed E-state index contributed by atoms with van der Waals surface area (Å²) in [5.41, 5.74) is 1.63. The average molecular weight is 180 g/mol. The topological polar surface area (TPSA) is 0 Å². The Morgan fingerprint density at radius 3 is 2.46 bits per heavy atom. The molecule has 0 heteroatoms. The van der Waals surface area contributed by atoms with Gasteiger partial charge in [-0.25, -0.2) is 0 Å².